The van der Waals surface area contributed by atoms with E-state index in [0.717, 1.165) is 23.4 Å². The molecule has 2 aromatic carbocycles. The first-order valence-electron chi connectivity index (χ1n) is 9.42. The molecule has 0 saturated heterocycles. The summed E-state index contributed by atoms with van der Waals surface area (Å²) in [6.07, 6.45) is 0.788. The third-order valence-electron chi connectivity index (χ3n) is 4.89. The van der Waals surface area contributed by atoms with E-state index < -0.39 is 11.7 Å². The van der Waals surface area contributed by atoms with E-state index in [2.05, 4.69) is 10.3 Å². The number of hydrogen-bond donors (Lipinski definition) is 2. The molecule has 0 fully saturated rings. The summed E-state index contributed by atoms with van der Waals surface area (Å²) < 4.78 is 21.9. The van der Waals surface area contributed by atoms with Crippen LogP contribution in [-0.2, 0) is 20.0 Å². The van der Waals surface area contributed by atoms with Crippen molar-refractivity contribution in [2.45, 2.75) is 26.8 Å². The number of imidazole rings is 1. The van der Waals surface area contributed by atoms with Crippen LogP contribution in [0.15, 0.2) is 42.5 Å². The highest BCUT2D eigenvalue weighted by molar-refractivity contribution is 5.94. The lowest BCUT2D eigenvalue weighted by Crippen LogP contribution is -2.25. The van der Waals surface area contributed by atoms with Crippen LogP contribution in [-0.4, -0.2) is 22.0 Å². The maximum Gasteiger partial charge on any atom is 0.254 e. The van der Waals surface area contributed by atoms with Crippen LogP contribution < -0.4 is 15.8 Å². The van der Waals surface area contributed by atoms with Gasteiger partial charge in [0, 0.05) is 12.7 Å². The molecule has 6 nitrogen and oxygen atoms in total. The molecule has 3 rings (SSSR count). The second-order valence-electron chi connectivity index (χ2n) is 6.87. The van der Waals surface area contributed by atoms with Gasteiger partial charge in [0.15, 0.2) is 0 Å². The summed E-state index contributed by atoms with van der Waals surface area (Å²) >= 11 is 0. The zero-order chi connectivity index (χ0) is 21.0. The molecule has 0 aliphatic rings. The third kappa shape index (κ3) is 4.81. The molecule has 1 amide bonds. The number of aromatic nitrogens is 2. The van der Waals surface area contributed by atoms with Crippen molar-refractivity contribution in [3.8, 4) is 11.5 Å². The van der Waals surface area contributed by atoms with Crippen molar-refractivity contribution in [1.29, 1.82) is 0 Å². The van der Waals surface area contributed by atoms with Gasteiger partial charge in [0.2, 0.25) is 0 Å². The second kappa shape index (κ2) is 8.87. The Morgan fingerprint density at radius 2 is 1.86 bits per heavy atom. The molecule has 0 bridgehead atoms. The zero-order valence-corrected chi connectivity index (χ0v) is 16.8. The van der Waals surface area contributed by atoms with Gasteiger partial charge in [0.1, 0.15) is 23.1 Å². The fourth-order valence-electron chi connectivity index (χ4n) is 2.97. The van der Waals surface area contributed by atoms with Crippen molar-refractivity contribution in [2.24, 2.45) is 12.8 Å². The van der Waals surface area contributed by atoms with E-state index in [1.165, 1.54) is 18.2 Å². The van der Waals surface area contributed by atoms with Crippen LogP contribution in [0.1, 0.15) is 33.1 Å². The number of halogens is 1. The molecule has 0 aliphatic heterocycles. The quantitative estimate of drug-likeness (QED) is 0.641. The molecular weight excluding hydrogens is 371 g/mol. The van der Waals surface area contributed by atoms with Crippen LogP contribution >= 0.6 is 0 Å². The van der Waals surface area contributed by atoms with Crippen LogP contribution in [0.2, 0.25) is 0 Å². The van der Waals surface area contributed by atoms with Gasteiger partial charge in [-0.3, -0.25) is 4.79 Å². The number of aryl methyl sites for hydroxylation is 1. The monoisotopic (exact) mass is 396 g/mol. The molecule has 0 atom stereocenters. The van der Waals surface area contributed by atoms with E-state index in [0.29, 0.717) is 23.9 Å². The summed E-state index contributed by atoms with van der Waals surface area (Å²) in [5.41, 5.74) is 8.50. The fraction of sp³-hybridized carbons (Fsp3) is 0.273. The van der Waals surface area contributed by atoms with Gasteiger partial charge in [0.25, 0.3) is 5.91 Å². The molecule has 3 aromatic rings. The lowest BCUT2D eigenvalue weighted by molar-refractivity contribution is 0.0945. The van der Waals surface area contributed by atoms with Crippen molar-refractivity contribution in [3.63, 3.8) is 0 Å². The number of nitrogens with two attached hydrogens (primary N) is 1. The molecule has 7 heteroatoms. The number of hydrogen-bond acceptors (Lipinski definition) is 4. The van der Waals surface area contributed by atoms with Crippen LogP contribution in [0.3, 0.4) is 0 Å². The number of rotatable bonds is 7. The van der Waals surface area contributed by atoms with Crippen molar-refractivity contribution in [2.75, 3.05) is 6.54 Å². The molecule has 1 aromatic heterocycles. The zero-order valence-electron chi connectivity index (χ0n) is 16.8. The minimum Gasteiger partial charge on any atom is -0.457 e. The molecule has 152 valence electrons. The molecular formula is C22H25FN4O2. The Hall–Kier alpha value is -3.19. The first kappa shape index (κ1) is 20.5. The summed E-state index contributed by atoms with van der Waals surface area (Å²) in [6, 6.07) is 11.6. The fourth-order valence-corrected chi connectivity index (χ4v) is 2.97. The minimum atomic E-state index is -0.611. The first-order valence-corrected chi connectivity index (χ1v) is 9.42. The third-order valence-corrected chi connectivity index (χ3v) is 4.89. The Bertz CT molecular complexity index is 1010. The topological polar surface area (TPSA) is 82.2 Å². The maximum atomic E-state index is 14.2. The molecule has 29 heavy (non-hydrogen) atoms. The molecule has 0 radical (unpaired) electrons. The van der Waals surface area contributed by atoms with E-state index in [1.807, 2.05) is 49.7 Å². The van der Waals surface area contributed by atoms with Crippen molar-refractivity contribution >= 4 is 5.91 Å². The van der Waals surface area contributed by atoms with Gasteiger partial charge in [-0.05, 0) is 62.7 Å². The minimum absolute atomic E-state index is 0.0788. The van der Waals surface area contributed by atoms with Gasteiger partial charge in [-0.15, -0.1) is 0 Å². The Morgan fingerprint density at radius 1 is 1.17 bits per heavy atom. The van der Waals surface area contributed by atoms with Crippen molar-refractivity contribution in [1.82, 2.24) is 14.9 Å². The van der Waals surface area contributed by atoms with Crippen molar-refractivity contribution in [3.05, 3.63) is 76.6 Å². The highest BCUT2D eigenvalue weighted by atomic mass is 19.1. The SMILES string of the molecule is Cc1nc(CNC(=O)c2cc(Oc3ccc(CCN)cc3)ccc2F)n(C)c1C. The van der Waals surface area contributed by atoms with Gasteiger partial charge in [0.05, 0.1) is 17.8 Å². The number of benzene rings is 2. The van der Waals surface area contributed by atoms with E-state index in [4.69, 9.17) is 10.5 Å². The van der Waals surface area contributed by atoms with Crippen LogP contribution in [0.4, 0.5) is 4.39 Å². The lowest BCUT2D eigenvalue weighted by Gasteiger charge is -2.10. The summed E-state index contributed by atoms with van der Waals surface area (Å²) in [4.78, 5) is 16.9. The van der Waals surface area contributed by atoms with Crippen LogP contribution in [0, 0.1) is 19.7 Å². The van der Waals surface area contributed by atoms with Crippen LogP contribution in [0.25, 0.3) is 0 Å². The highest BCUT2D eigenvalue weighted by Gasteiger charge is 2.15. The van der Waals surface area contributed by atoms with Crippen LogP contribution in [0.5, 0.6) is 11.5 Å². The first-order chi connectivity index (χ1) is 13.9. The van der Waals surface area contributed by atoms with Gasteiger partial charge in [-0.25, -0.2) is 9.37 Å². The highest BCUT2D eigenvalue weighted by Crippen LogP contribution is 2.24. The number of carbonyl (C=O) groups excluding carboxylic acids is 1. The predicted molar refractivity (Wildman–Crippen MR) is 110 cm³/mol. The molecule has 3 N–H and O–H groups in total. The molecule has 1 heterocycles. The maximum absolute atomic E-state index is 14.2. The van der Waals surface area contributed by atoms with Crippen molar-refractivity contribution < 1.29 is 13.9 Å². The predicted octanol–water partition coefficient (Wildman–Crippen LogP) is 3.40. The normalized spacial score (nSPS) is 10.8. The Labute approximate surface area is 169 Å². The van der Waals surface area contributed by atoms with E-state index in [9.17, 15) is 9.18 Å². The van der Waals surface area contributed by atoms with Gasteiger partial charge in [-0.1, -0.05) is 12.1 Å². The molecule has 0 spiro atoms. The van der Waals surface area contributed by atoms with E-state index in [-0.39, 0.29) is 12.1 Å². The molecule has 0 unspecified atom stereocenters. The Kier molecular flexibility index (Phi) is 6.29. The summed E-state index contributed by atoms with van der Waals surface area (Å²) in [5, 5.41) is 2.72. The molecule has 0 saturated carbocycles. The average Bonchev–Trinajstić information content (AvgIpc) is 2.96. The second-order valence-corrected chi connectivity index (χ2v) is 6.87. The number of nitrogens with one attached hydrogen (secondary N) is 1. The lowest BCUT2D eigenvalue weighted by atomic mass is 10.1. The Balaban J connectivity index is 1.70. The smallest absolute Gasteiger partial charge is 0.254 e. The summed E-state index contributed by atoms with van der Waals surface area (Å²) in [5.74, 6) is 0.554. The van der Waals surface area contributed by atoms with E-state index >= 15 is 0 Å². The standard InChI is InChI=1S/C22H25FN4O2/c1-14-15(2)27(3)21(26-14)13-25-22(28)19-12-18(8-9-20(19)23)29-17-6-4-16(5-7-17)10-11-24/h4-9,12H,10-11,13,24H2,1-3H3,(H,25,28). The summed E-state index contributed by atoms with van der Waals surface area (Å²) in [7, 11) is 1.88. The average molecular weight is 396 g/mol. The number of amides is 1. The Morgan fingerprint density at radius 3 is 2.48 bits per heavy atom. The van der Waals surface area contributed by atoms with Gasteiger partial charge in [-0.2, -0.15) is 0 Å². The van der Waals surface area contributed by atoms with E-state index in [1.54, 1.807) is 0 Å². The van der Waals surface area contributed by atoms with Gasteiger partial charge < -0.3 is 20.4 Å². The van der Waals surface area contributed by atoms with Gasteiger partial charge >= 0.3 is 0 Å². The number of ether oxygens (including phenoxy) is 1. The molecule has 0 aliphatic carbocycles. The largest absolute Gasteiger partial charge is 0.457 e. The number of nitrogens with zero attached hydrogens (tertiary/aromatic N) is 2. The number of carbonyl (C=O) groups is 1. The summed E-state index contributed by atoms with van der Waals surface area (Å²) in [6.45, 7) is 4.64.